The van der Waals surface area contributed by atoms with Crippen LogP contribution in [-0.2, 0) is 11.2 Å². The van der Waals surface area contributed by atoms with Crippen molar-refractivity contribution in [3.63, 3.8) is 0 Å². The Balaban J connectivity index is 1.84. The lowest BCUT2D eigenvalue weighted by atomic mass is 10.1. The highest BCUT2D eigenvalue weighted by Crippen LogP contribution is 2.17. The average Bonchev–Trinajstić information content (AvgIpc) is 2.52. The first-order valence-corrected chi connectivity index (χ1v) is 8.79. The third-order valence-corrected chi connectivity index (χ3v) is 4.80. The predicted octanol–water partition coefficient (Wildman–Crippen LogP) is 2.24. The number of aryl methyl sites for hydroxylation is 1. The molecule has 4 nitrogen and oxygen atoms in total. The van der Waals surface area contributed by atoms with Crippen LogP contribution in [0, 0.1) is 5.82 Å². The summed E-state index contributed by atoms with van der Waals surface area (Å²) in [4.78, 5) is 19.2. The van der Waals surface area contributed by atoms with E-state index in [9.17, 15) is 9.18 Å². The predicted molar refractivity (Wildman–Crippen MR) is 95.5 cm³/mol. The first kappa shape index (κ1) is 18.9. The first-order valence-electron chi connectivity index (χ1n) is 8.79. The summed E-state index contributed by atoms with van der Waals surface area (Å²) in [6.45, 7) is 8.05. The van der Waals surface area contributed by atoms with E-state index in [4.69, 9.17) is 0 Å². The standard InChI is InChI=1S/C19H30FN3O/c1-15-13-22(14-16(2)23(15)12-11-21(3)4)19(24)10-7-17-5-8-18(20)9-6-17/h5-6,8-9,15-16H,7,10-14H2,1-4H3. The Morgan fingerprint density at radius 2 is 1.75 bits per heavy atom. The van der Waals surface area contributed by atoms with Gasteiger partial charge in [-0.1, -0.05) is 12.1 Å². The summed E-state index contributed by atoms with van der Waals surface area (Å²) in [5.41, 5.74) is 1.01. The monoisotopic (exact) mass is 335 g/mol. The molecule has 2 rings (SSSR count). The van der Waals surface area contributed by atoms with Crippen molar-refractivity contribution in [2.24, 2.45) is 0 Å². The van der Waals surface area contributed by atoms with Crippen LogP contribution in [0.15, 0.2) is 24.3 Å². The Labute approximate surface area is 145 Å². The third kappa shape index (κ3) is 5.28. The molecule has 1 heterocycles. The van der Waals surface area contributed by atoms with Crippen molar-refractivity contribution < 1.29 is 9.18 Å². The number of likely N-dealkylation sites (N-methyl/N-ethyl adjacent to an activating group) is 1. The molecule has 1 aromatic rings. The number of benzene rings is 1. The number of hydrogen-bond donors (Lipinski definition) is 0. The molecule has 0 aliphatic carbocycles. The zero-order valence-corrected chi connectivity index (χ0v) is 15.3. The average molecular weight is 335 g/mol. The van der Waals surface area contributed by atoms with E-state index in [1.54, 1.807) is 12.1 Å². The molecule has 1 saturated heterocycles. The third-order valence-electron chi connectivity index (χ3n) is 4.80. The molecule has 2 unspecified atom stereocenters. The molecule has 1 fully saturated rings. The molecule has 0 saturated carbocycles. The fourth-order valence-electron chi connectivity index (χ4n) is 3.38. The van der Waals surface area contributed by atoms with Gasteiger partial charge >= 0.3 is 0 Å². The van der Waals surface area contributed by atoms with Gasteiger partial charge in [-0.25, -0.2) is 4.39 Å². The number of carbonyl (C=O) groups is 1. The van der Waals surface area contributed by atoms with Gasteiger partial charge in [0.1, 0.15) is 5.82 Å². The molecule has 134 valence electrons. The van der Waals surface area contributed by atoms with Crippen LogP contribution in [0.2, 0.25) is 0 Å². The molecule has 5 heteroatoms. The topological polar surface area (TPSA) is 26.8 Å². The van der Waals surface area contributed by atoms with Gasteiger partial charge < -0.3 is 9.80 Å². The number of nitrogens with zero attached hydrogens (tertiary/aromatic N) is 3. The van der Waals surface area contributed by atoms with Crippen molar-refractivity contribution in [1.82, 2.24) is 14.7 Å². The minimum absolute atomic E-state index is 0.199. The number of carbonyl (C=O) groups excluding carboxylic acids is 1. The van der Waals surface area contributed by atoms with Gasteiger partial charge in [0, 0.05) is 44.7 Å². The van der Waals surface area contributed by atoms with Crippen LogP contribution in [0.4, 0.5) is 4.39 Å². The van der Waals surface area contributed by atoms with Crippen LogP contribution in [-0.4, -0.2) is 73.0 Å². The van der Waals surface area contributed by atoms with Crippen molar-refractivity contribution in [2.75, 3.05) is 40.3 Å². The molecule has 2 atom stereocenters. The molecule has 24 heavy (non-hydrogen) atoms. The molecule has 0 N–H and O–H groups in total. The highest BCUT2D eigenvalue weighted by molar-refractivity contribution is 5.76. The first-order chi connectivity index (χ1) is 11.4. The normalized spacial score (nSPS) is 22.2. The minimum atomic E-state index is -0.235. The number of rotatable bonds is 6. The second kappa shape index (κ2) is 8.58. The summed E-state index contributed by atoms with van der Waals surface area (Å²) in [5, 5.41) is 0. The highest BCUT2D eigenvalue weighted by Gasteiger charge is 2.31. The van der Waals surface area contributed by atoms with E-state index in [1.165, 1.54) is 12.1 Å². The van der Waals surface area contributed by atoms with Gasteiger partial charge in [0.15, 0.2) is 0 Å². The highest BCUT2D eigenvalue weighted by atomic mass is 19.1. The van der Waals surface area contributed by atoms with Gasteiger partial charge in [0.2, 0.25) is 5.91 Å². The summed E-state index contributed by atoms with van der Waals surface area (Å²) in [7, 11) is 4.18. The Morgan fingerprint density at radius 3 is 2.29 bits per heavy atom. The van der Waals surface area contributed by atoms with Crippen LogP contribution < -0.4 is 0 Å². The summed E-state index contributed by atoms with van der Waals surface area (Å²) in [5.74, 6) is -0.0353. The molecule has 1 amide bonds. The van der Waals surface area contributed by atoms with Gasteiger partial charge in [0.05, 0.1) is 0 Å². The molecule has 0 bridgehead atoms. The Morgan fingerprint density at radius 1 is 1.17 bits per heavy atom. The number of hydrogen-bond acceptors (Lipinski definition) is 3. The van der Waals surface area contributed by atoms with Gasteiger partial charge in [-0.15, -0.1) is 0 Å². The maximum atomic E-state index is 12.9. The van der Waals surface area contributed by atoms with E-state index in [-0.39, 0.29) is 11.7 Å². The van der Waals surface area contributed by atoms with E-state index < -0.39 is 0 Å². The number of halogens is 1. The van der Waals surface area contributed by atoms with Gasteiger partial charge in [0.25, 0.3) is 0 Å². The number of piperazine rings is 1. The SMILES string of the molecule is CC1CN(C(=O)CCc2ccc(F)cc2)CC(C)N1CCN(C)C. The zero-order valence-electron chi connectivity index (χ0n) is 15.3. The van der Waals surface area contributed by atoms with Crippen LogP contribution in [0.1, 0.15) is 25.8 Å². The van der Waals surface area contributed by atoms with Crippen LogP contribution in [0.3, 0.4) is 0 Å². The Hall–Kier alpha value is -1.46. The van der Waals surface area contributed by atoms with E-state index >= 15 is 0 Å². The van der Waals surface area contributed by atoms with E-state index in [0.717, 1.165) is 31.7 Å². The van der Waals surface area contributed by atoms with Gasteiger partial charge in [-0.05, 0) is 52.1 Å². The Kier molecular flexibility index (Phi) is 6.75. The molecule has 0 radical (unpaired) electrons. The molecule has 0 spiro atoms. The van der Waals surface area contributed by atoms with Gasteiger partial charge in [-0.3, -0.25) is 9.69 Å². The van der Waals surface area contributed by atoms with E-state index in [2.05, 4.69) is 37.7 Å². The van der Waals surface area contributed by atoms with Crippen LogP contribution in [0.25, 0.3) is 0 Å². The van der Waals surface area contributed by atoms with Crippen molar-refractivity contribution in [2.45, 2.75) is 38.8 Å². The molecule has 1 aliphatic heterocycles. The fourth-order valence-corrected chi connectivity index (χ4v) is 3.38. The maximum Gasteiger partial charge on any atom is 0.223 e. The Bertz CT molecular complexity index is 520. The van der Waals surface area contributed by atoms with Crippen molar-refractivity contribution in [3.05, 3.63) is 35.6 Å². The minimum Gasteiger partial charge on any atom is -0.340 e. The second-order valence-electron chi connectivity index (χ2n) is 7.16. The van der Waals surface area contributed by atoms with Crippen molar-refractivity contribution in [1.29, 1.82) is 0 Å². The van der Waals surface area contributed by atoms with Crippen molar-refractivity contribution in [3.8, 4) is 0 Å². The van der Waals surface area contributed by atoms with Crippen LogP contribution >= 0.6 is 0 Å². The van der Waals surface area contributed by atoms with E-state index in [1.807, 2.05) is 4.90 Å². The molecule has 0 aromatic heterocycles. The summed E-state index contributed by atoms with van der Waals surface area (Å²) < 4.78 is 12.9. The summed E-state index contributed by atoms with van der Waals surface area (Å²) in [6.07, 6.45) is 1.16. The van der Waals surface area contributed by atoms with Crippen LogP contribution in [0.5, 0.6) is 0 Å². The quantitative estimate of drug-likeness (QED) is 0.798. The fraction of sp³-hybridized carbons (Fsp3) is 0.632. The molecule has 1 aliphatic rings. The second-order valence-corrected chi connectivity index (χ2v) is 7.16. The maximum absolute atomic E-state index is 12.9. The van der Waals surface area contributed by atoms with Crippen molar-refractivity contribution >= 4 is 5.91 Å². The number of amides is 1. The lowest BCUT2D eigenvalue weighted by molar-refractivity contribution is -0.135. The summed E-state index contributed by atoms with van der Waals surface area (Å²) >= 11 is 0. The largest absolute Gasteiger partial charge is 0.340 e. The lowest BCUT2D eigenvalue weighted by Gasteiger charge is -2.45. The lowest BCUT2D eigenvalue weighted by Crippen LogP contribution is -2.59. The smallest absolute Gasteiger partial charge is 0.223 e. The molecular formula is C19H30FN3O. The molecular weight excluding hydrogens is 305 g/mol. The summed E-state index contributed by atoms with van der Waals surface area (Å²) in [6, 6.07) is 7.17. The van der Waals surface area contributed by atoms with Gasteiger partial charge in [-0.2, -0.15) is 0 Å². The molecule has 1 aromatic carbocycles. The zero-order chi connectivity index (χ0) is 17.7. The van der Waals surface area contributed by atoms with E-state index in [0.29, 0.717) is 24.9 Å².